The number of hydrogen-bond donors (Lipinski definition) is 0. The quantitative estimate of drug-likeness (QED) is 0.724. The molecule has 0 saturated carbocycles. The van der Waals surface area contributed by atoms with Gasteiger partial charge in [0.05, 0.1) is 0 Å². The fourth-order valence-corrected chi connectivity index (χ4v) is 1.85. The lowest BCUT2D eigenvalue weighted by atomic mass is 10.1. The fourth-order valence-electron chi connectivity index (χ4n) is 1.85. The van der Waals surface area contributed by atoms with Crippen LogP contribution in [0, 0.1) is 0 Å². The van der Waals surface area contributed by atoms with Crippen molar-refractivity contribution in [1.29, 1.82) is 0 Å². The van der Waals surface area contributed by atoms with Crippen molar-refractivity contribution in [3.8, 4) is 5.75 Å². The van der Waals surface area contributed by atoms with E-state index in [9.17, 15) is 4.79 Å². The van der Waals surface area contributed by atoms with E-state index < -0.39 is 0 Å². The largest absolute Gasteiger partial charge is 0.490 e. The van der Waals surface area contributed by atoms with Crippen LogP contribution in [-0.4, -0.2) is 12.4 Å². The Morgan fingerprint density at radius 2 is 1.56 bits per heavy atom. The van der Waals surface area contributed by atoms with Gasteiger partial charge in [-0.2, -0.15) is 0 Å². The first-order valence-corrected chi connectivity index (χ1v) is 6.08. The van der Waals surface area contributed by atoms with Crippen LogP contribution in [-0.2, 0) is 11.2 Å². The Hall–Kier alpha value is -2.09. The Morgan fingerprint density at radius 1 is 0.944 bits per heavy atom. The smallest absolute Gasteiger partial charge is 0.123 e. The van der Waals surface area contributed by atoms with E-state index in [-0.39, 0.29) is 6.10 Å². The standard InChI is InChI=1S/C16H16O2/c17-12-11-16(13-14-7-3-1-4-8-14)18-15-9-5-2-6-10-15/h1-10,12,16H,11,13H2/t16-/m1/s1. The van der Waals surface area contributed by atoms with E-state index in [1.165, 1.54) is 5.56 Å². The highest BCUT2D eigenvalue weighted by atomic mass is 16.5. The van der Waals surface area contributed by atoms with Crippen LogP contribution in [0.15, 0.2) is 60.7 Å². The van der Waals surface area contributed by atoms with Gasteiger partial charge < -0.3 is 9.53 Å². The summed E-state index contributed by atoms with van der Waals surface area (Å²) in [5.74, 6) is 0.806. The Morgan fingerprint density at radius 3 is 2.17 bits per heavy atom. The van der Waals surface area contributed by atoms with Crippen molar-refractivity contribution in [2.24, 2.45) is 0 Å². The van der Waals surface area contributed by atoms with E-state index in [0.717, 1.165) is 18.5 Å². The molecule has 18 heavy (non-hydrogen) atoms. The van der Waals surface area contributed by atoms with Crippen LogP contribution in [0.5, 0.6) is 5.75 Å². The molecule has 92 valence electrons. The molecule has 0 aromatic heterocycles. The topological polar surface area (TPSA) is 26.3 Å². The van der Waals surface area contributed by atoms with E-state index >= 15 is 0 Å². The van der Waals surface area contributed by atoms with Crippen molar-refractivity contribution in [3.05, 3.63) is 66.2 Å². The Kier molecular flexibility index (Phi) is 4.53. The maximum atomic E-state index is 10.7. The van der Waals surface area contributed by atoms with Gasteiger partial charge in [0, 0.05) is 12.8 Å². The lowest BCUT2D eigenvalue weighted by Gasteiger charge is -2.17. The molecule has 0 heterocycles. The van der Waals surface area contributed by atoms with Crippen molar-refractivity contribution >= 4 is 6.29 Å². The van der Waals surface area contributed by atoms with Crippen molar-refractivity contribution in [2.75, 3.05) is 0 Å². The lowest BCUT2D eigenvalue weighted by Crippen LogP contribution is -2.20. The molecule has 0 spiro atoms. The second-order valence-corrected chi connectivity index (χ2v) is 4.15. The number of rotatable bonds is 6. The van der Waals surface area contributed by atoms with E-state index in [4.69, 9.17) is 4.74 Å². The summed E-state index contributed by atoms with van der Waals surface area (Å²) in [6.07, 6.45) is 1.96. The van der Waals surface area contributed by atoms with Gasteiger partial charge in [-0.25, -0.2) is 0 Å². The van der Waals surface area contributed by atoms with Crippen LogP contribution in [0.1, 0.15) is 12.0 Å². The van der Waals surface area contributed by atoms with Crippen molar-refractivity contribution < 1.29 is 9.53 Å². The average Bonchev–Trinajstić information content (AvgIpc) is 2.41. The molecule has 2 aromatic rings. The van der Waals surface area contributed by atoms with Gasteiger partial charge >= 0.3 is 0 Å². The van der Waals surface area contributed by atoms with Crippen molar-refractivity contribution in [1.82, 2.24) is 0 Å². The number of para-hydroxylation sites is 1. The zero-order valence-corrected chi connectivity index (χ0v) is 10.2. The molecule has 1 atom stereocenters. The fraction of sp³-hybridized carbons (Fsp3) is 0.188. The summed E-state index contributed by atoms with van der Waals surface area (Å²) in [5.41, 5.74) is 1.18. The number of carbonyl (C=O) groups is 1. The molecule has 2 heteroatoms. The molecule has 0 aliphatic rings. The summed E-state index contributed by atoms with van der Waals surface area (Å²) in [4.78, 5) is 10.7. The van der Waals surface area contributed by atoms with Crippen LogP contribution < -0.4 is 4.74 Å². The number of carbonyl (C=O) groups excluding carboxylic acids is 1. The Bertz CT molecular complexity index is 423. The van der Waals surface area contributed by atoms with Crippen molar-refractivity contribution in [2.45, 2.75) is 18.9 Å². The molecular formula is C16H16O2. The average molecular weight is 240 g/mol. The first-order chi connectivity index (χ1) is 8.88. The predicted octanol–water partition coefficient (Wildman–Crippen LogP) is 3.27. The highest BCUT2D eigenvalue weighted by Gasteiger charge is 2.10. The summed E-state index contributed by atoms with van der Waals surface area (Å²) in [7, 11) is 0. The normalized spacial score (nSPS) is 11.8. The monoisotopic (exact) mass is 240 g/mol. The van der Waals surface area contributed by atoms with E-state index in [2.05, 4.69) is 0 Å². The SMILES string of the molecule is O=CC[C@H](Cc1ccccc1)Oc1ccccc1. The molecule has 0 N–H and O–H groups in total. The van der Waals surface area contributed by atoms with Crippen LogP contribution in [0.2, 0.25) is 0 Å². The zero-order valence-electron chi connectivity index (χ0n) is 10.2. The van der Waals surface area contributed by atoms with Gasteiger partial charge in [-0.3, -0.25) is 0 Å². The third kappa shape index (κ3) is 3.74. The van der Waals surface area contributed by atoms with Gasteiger partial charge in [-0.1, -0.05) is 48.5 Å². The van der Waals surface area contributed by atoms with Gasteiger partial charge in [0.15, 0.2) is 0 Å². The minimum Gasteiger partial charge on any atom is -0.490 e. The summed E-state index contributed by atoms with van der Waals surface area (Å²) in [5, 5.41) is 0. The predicted molar refractivity (Wildman–Crippen MR) is 71.7 cm³/mol. The summed E-state index contributed by atoms with van der Waals surface area (Å²) in [6, 6.07) is 19.7. The van der Waals surface area contributed by atoms with Crippen molar-refractivity contribution in [3.63, 3.8) is 0 Å². The van der Waals surface area contributed by atoms with Gasteiger partial charge in [-0.05, 0) is 17.7 Å². The van der Waals surface area contributed by atoms with Crippen LogP contribution in [0.3, 0.4) is 0 Å². The summed E-state index contributed by atoms with van der Waals surface area (Å²) >= 11 is 0. The maximum Gasteiger partial charge on any atom is 0.123 e. The summed E-state index contributed by atoms with van der Waals surface area (Å²) in [6.45, 7) is 0. The molecule has 0 fully saturated rings. The van der Waals surface area contributed by atoms with E-state index in [0.29, 0.717) is 6.42 Å². The molecule has 0 amide bonds. The van der Waals surface area contributed by atoms with E-state index in [1.54, 1.807) is 0 Å². The Labute approximate surface area is 107 Å². The summed E-state index contributed by atoms with van der Waals surface area (Å²) < 4.78 is 5.83. The number of benzene rings is 2. The molecule has 0 saturated heterocycles. The van der Waals surface area contributed by atoms with Crippen LogP contribution >= 0.6 is 0 Å². The molecule has 0 aliphatic heterocycles. The minimum atomic E-state index is -0.104. The van der Waals surface area contributed by atoms with Crippen LogP contribution in [0.25, 0.3) is 0 Å². The molecule has 0 unspecified atom stereocenters. The second-order valence-electron chi connectivity index (χ2n) is 4.15. The van der Waals surface area contributed by atoms with E-state index in [1.807, 2.05) is 60.7 Å². The third-order valence-corrected chi connectivity index (χ3v) is 2.71. The lowest BCUT2D eigenvalue weighted by molar-refractivity contribution is -0.109. The first-order valence-electron chi connectivity index (χ1n) is 6.08. The molecule has 0 aliphatic carbocycles. The van der Waals surface area contributed by atoms with Gasteiger partial charge in [0.1, 0.15) is 18.1 Å². The molecular weight excluding hydrogens is 224 g/mol. The second kappa shape index (κ2) is 6.60. The molecule has 2 aromatic carbocycles. The van der Waals surface area contributed by atoms with Gasteiger partial charge in [0.2, 0.25) is 0 Å². The minimum absolute atomic E-state index is 0.104. The number of hydrogen-bond acceptors (Lipinski definition) is 2. The Balaban J connectivity index is 2.02. The highest BCUT2D eigenvalue weighted by molar-refractivity contribution is 5.50. The van der Waals surface area contributed by atoms with Gasteiger partial charge in [0.25, 0.3) is 0 Å². The molecule has 2 rings (SSSR count). The number of ether oxygens (including phenoxy) is 1. The molecule has 0 bridgehead atoms. The third-order valence-electron chi connectivity index (χ3n) is 2.71. The van der Waals surface area contributed by atoms with Gasteiger partial charge in [-0.15, -0.1) is 0 Å². The first kappa shape index (κ1) is 12.4. The number of aldehydes is 1. The highest BCUT2D eigenvalue weighted by Crippen LogP contribution is 2.15. The maximum absolute atomic E-state index is 10.7. The molecule has 0 radical (unpaired) electrons. The zero-order chi connectivity index (χ0) is 12.6. The van der Waals surface area contributed by atoms with Crippen LogP contribution in [0.4, 0.5) is 0 Å². The molecule has 2 nitrogen and oxygen atoms in total.